The topological polar surface area (TPSA) is 42.5 Å². The number of nitrogens with one attached hydrogen (secondary N) is 2. The summed E-state index contributed by atoms with van der Waals surface area (Å²) in [5, 5.41) is 6.80. The van der Waals surface area contributed by atoms with Crippen molar-refractivity contribution in [2.45, 2.75) is 48.0 Å². The van der Waals surface area contributed by atoms with Gasteiger partial charge in [0.2, 0.25) is 0 Å². The number of nitrogens with zero attached hydrogens (tertiary/aromatic N) is 1. The molecule has 0 saturated heterocycles. The molecule has 6 heteroatoms. The summed E-state index contributed by atoms with van der Waals surface area (Å²) in [7, 11) is 0. The quantitative estimate of drug-likeness (QED) is 0.293. The molecule has 0 fully saturated rings. The zero-order valence-electron chi connectivity index (χ0n) is 20.7. The number of anilines is 2. The second-order valence-electron chi connectivity index (χ2n) is 7.51. The summed E-state index contributed by atoms with van der Waals surface area (Å²) in [6, 6.07) is 15.3. The van der Waals surface area contributed by atoms with Gasteiger partial charge in [-0.25, -0.2) is 0 Å². The van der Waals surface area contributed by atoms with Crippen LogP contribution in [0.4, 0.5) is 11.4 Å². The van der Waals surface area contributed by atoms with Crippen LogP contribution in [0.25, 0.3) is 0 Å². The molecule has 0 atom stereocenters. The highest BCUT2D eigenvalue weighted by Crippen LogP contribution is 2.18. The van der Waals surface area contributed by atoms with Gasteiger partial charge in [-0.3, -0.25) is 0 Å². The smallest absolute Gasteiger partial charge is 0.175 e. The fourth-order valence-corrected chi connectivity index (χ4v) is 3.75. The van der Waals surface area contributed by atoms with E-state index in [4.69, 9.17) is 21.7 Å². The van der Waals surface area contributed by atoms with Crippen molar-refractivity contribution in [1.82, 2.24) is 0 Å². The Morgan fingerprint density at radius 2 is 1.06 bits per heavy atom. The number of hydrogen-bond acceptors (Lipinski definition) is 3. The predicted octanol–water partition coefficient (Wildman–Crippen LogP) is 6.57. The van der Waals surface area contributed by atoms with E-state index in [1.807, 2.05) is 62.4 Å². The average molecular weight is 461 g/mol. The van der Waals surface area contributed by atoms with E-state index in [9.17, 15) is 0 Å². The van der Waals surface area contributed by atoms with Crippen LogP contribution in [0.15, 0.2) is 48.5 Å². The van der Waals surface area contributed by atoms with Gasteiger partial charge in [-0.1, -0.05) is 6.92 Å². The molecule has 2 aromatic carbocycles. The second kappa shape index (κ2) is 15.5. The minimum atomic E-state index is 0.535. The first-order valence-electron chi connectivity index (χ1n) is 11.8. The van der Waals surface area contributed by atoms with Crippen molar-refractivity contribution in [2.24, 2.45) is 0 Å². The Bertz CT molecular complexity index is 698. The van der Waals surface area contributed by atoms with Gasteiger partial charge in [-0.05, 0) is 102 Å². The SMILES string of the molecule is CCC[N+](CC)(CC)CC.CCOc1ccc(NC(=S)Nc2ccc(OCC)cc2)cc1. The van der Waals surface area contributed by atoms with Crippen LogP contribution < -0.4 is 20.1 Å². The van der Waals surface area contributed by atoms with Gasteiger partial charge in [0.05, 0.1) is 39.4 Å². The van der Waals surface area contributed by atoms with Gasteiger partial charge in [-0.2, -0.15) is 0 Å². The number of ether oxygens (including phenoxy) is 2. The molecular weight excluding hydrogens is 418 g/mol. The highest BCUT2D eigenvalue weighted by Gasteiger charge is 2.18. The Kier molecular flexibility index (Phi) is 13.4. The summed E-state index contributed by atoms with van der Waals surface area (Å²) in [6.45, 7) is 19.6. The molecule has 0 aliphatic carbocycles. The molecule has 0 aromatic heterocycles. The molecule has 0 amide bonds. The maximum Gasteiger partial charge on any atom is 0.175 e. The Morgan fingerprint density at radius 1 is 0.688 bits per heavy atom. The molecule has 5 nitrogen and oxygen atoms in total. The second-order valence-corrected chi connectivity index (χ2v) is 7.92. The predicted molar refractivity (Wildman–Crippen MR) is 142 cm³/mol. The van der Waals surface area contributed by atoms with Crippen molar-refractivity contribution in [3.63, 3.8) is 0 Å². The van der Waals surface area contributed by atoms with Crippen LogP contribution in [0, 0.1) is 0 Å². The lowest BCUT2D eigenvalue weighted by molar-refractivity contribution is -0.923. The fraction of sp³-hybridized carbons (Fsp3) is 0.500. The first-order chi connectivity index (χ1) is 15.4. The number of quaternary nitrogens is 1. The molecule has 0 unspecified atom stereocenters. The molecular formula is C26H42N3O2S+. The molecule has 2 rings (SSSR count). The first kappa shape index (κ1) is 27.7. The third kappa shape index (κ3) is 9.88. The van der Waals surface area contributed by atoms with Gasteiger partial charge in [0.1, 0.15) is 11.5 Å². The summed E-state index contributed by atoms with van der Waals surface area (Å²) < 4.78 is 12.1. The minimum Gasteiger partial charge on any atom is -0.494 e. The molecule has 32 heavy (non-hydrogen) atoms. The lowest BCUT2D eigenvalue weighted by Gasteiger charge is -2.35. The molecule has 2 N–H and O–H groups in total. The highest BCUT2D eigenvalue weighted by atomic mass is 32.1. The molecule has 0 spiro atoms. The summed E-state index contributed by atoms with van der Waals surface area (Å²) in [4.78, 5) is 0. The Balaban J connectivity index is 0.000000433. The van der Waals surface area contributed by atoms with Gasteiger partial charge in [0, 0.05) is 11.4 Å². The van der Waals surface area contributed by atoms with Crippen molar-refractivity contribution in [1.29, 1.82) is 0 Å². The van der Waals surface area contributed by atoms with Crippen LogP contribution in [-0.2, 0) is 0 Å². The zero-order chi connectivity index (χ0) is 23.8. The monoisotopic (exact) mass is 460 g/mol. The van der Waals surface area contributed by atoms with Crippen molar-refractivity contribution < 1.29 is 14.0 Å². The summed E-state index contributed by atoms with van der Waals surface area (Å²) in [5.74, 6) is 1.69. The number of hydrogen-bond donors (Lipinski definition) is 2. The fourth-order valence-electron chi connectivity index (χ4n) is 3.52. The van der Waals surface area contributed by atoms with Gasteiger partial charge < -0.3 is 24.6 Å². The highest BCUT2D eigenvalue weighted by molar-refractivity contribution is 7.80. The van der Waals surface area contributed by atoms with Gasteiger partial charge in [-0.15, -0.1) is 0 Å². The lowest BCUT2D eigenvalue weighted by atomic mass is 10.3. The molecule has 178 valence electrons. The van der Waals surface area contributed by atoms with Gasteiger partial charge in [0.15, 0.2) is 5.11 Å². The third-order valence-corrected chi connectivity index (χ3v) is 5.76. The number of benzene rings is 2. The van der Waals surface area contributed by atoms with E-state index in [1.165, 1.54) is 37.1 Å². The van der Waals surface area contributed by atoms with Crippen molar-refractivity contribution >= 4 is 28.7 Å². The maximum atomic E-state index is 5.40. The minimum absolute atomic E-state index is 0.535. The number of thiocarbonyl (C=S) groups is 1. The maximum absolute atomic E-state index is 5.40. The Labute approximate surface area is 200 Å². The summed E-state index contributed by atoms with van der Waals surface area (Å²) in [6.07, 6.45) is 1.32. The van der Waals surface area contributed by atoms with Crippen molar-refractivity contribution in [3.8, 4) is 11.5 Å². The van der Waals surface area contributed by atoms with Crippen LogP contribution >= 0.6 is 12.2 Å². The van der Waals surface area contributed by atoms with Crippen LogP contribution in [0.1, 0.15) is 48.0 Å². The van der Waals surface area contributed by atoms with Gasteiger partial charge >= 0.3 is 0 Å². The zero-order valence-corrected chi connectivity index (χ0v) is 21.6. The summed E-state index contributed by atoms with van der Waals surface area (Å²) >= 11 is 5.30. The summed E-state index contributed by atoms with van der Waals surface area (Å²) in [5.41, 5.74) is 1.82. The molecule has 2 aromatic rings. The average Bonchev–Trinajstić information content (AvgIpc) is 2.81. The molecule has 0 heterocycles. The van der Waals surface area contributed by atoms with E-state index in [2.05, 4.69) is 38.3 Å². The standard InChI is InChI=1S/C17H20N2O2S.C9H22N/c1-3-20-15-9-5-13(6-10-15)18-17(22)19-14-7-11-16(12-8-14)21-4-2;1-5-9-10(6-2,7-3)8-4/h5-12H,3-4H2,1-2H3,(H2,18,19,22);5-9H2,1-4H3/q;+1. The molecule has 0 aliphatic rings. The first-order valence-corrected chi connectivity index (χ1v) is 12.2. The van der Waals surface area contributed by atoms with Crippen molar-refractivity contribution in [3.05, 3.63) is 48.5 Å². The Morgan fingerprint density at radius 3 is 1.31 bits per heavy atom. The third-order valence-electron chi connectivity index (χ3n) is 5.56. The van der Waals surface area contributed by atoms with Crippen LogP contribution in [-0.4, -0.2) is 49.0 Å². The van der Waals surface area contributed by atoms with Crippen LogP contribution in [0.2, 0.25) is 0 Å². The van der Waals surface area contributed by atoms with Crippen molar-refractivity contribution in [2.75, 3.05) is 50.0 Å². The van der Waals surface area contributed by atoms with Gasteiger partial charge in [0.25, 0.3) is 0 Å². The Hall–Kier alpha value is -2.31. The van der Waals surface area contributed by atoms with Crippen LogP contribution in [0.5, 0.6) is 11.5 Å². The van der Waals surface area contributed by atoms with E-state index >= 15 is 0 Å². The van der Waals surface area contributed by atoms with E-state index in [0.717, 1.165) is 22.9 Å². The van der Waals surface area contributed by atoms with E-state index in [0.29, 0.717) is 18.3 Å². The molecule has 0 bridgehead atoms. The lowest BCUT2D eigenvalue weighted by Crippen LogP contribution is -2.47. The van der Waals surface area contributed by atoms with Crippen LogP contribution in [0.3, 0.4) is 0 Å². The van der Waals surface area contributed by atoms with E-state index in [-0.39, 0.29) is 0 Å². The van der Waals surface area contributed by atoms with E-state index in [1.54, 1.807) is 0 Å². The largest absolute Gasteiger partial charge is 0.494 e. The molecule has 0 radical (unpaired) electrons. The number of rotatable bonds is 11. The molecule has 0 aliphatic heterocycles. The normalized spacial score (nSPS) is 10.6. The molecule has 0 saturated carbocycles. The van der Waals surface area contributed by atoms with E-state index < -0.39 is 0 Å².